The maximum Gasteiger partial charge on any atom is 0.251 e. The summed E-state index contributed by atoms with van der Waals surface area (Å²) in [5.41, 5.74) is -1.42. The van der Waals surface area contributed by atoms with E-state index in [2.05, 4.69) is 0 Å². The molecule has 1 aliphatic rings. The predicted octanol–water partition coefficient (Wildman–Crippen LogP) is 2.33. The lowest BCUT2D eigenvalue weighted by atomic mass is 9.82. The van der Waals surface area contributed by atoms with Gasteiger partial charge in [-0.2, -0.15) is 0 Å². The Morgan fingerprint density at radius 1 is 0.789 bits per heavy atom. The number of sulfonamides is 2. The molecule has 0 radical (unpaired) electrons. The van der Waals surface area contributed by atoms with Crippen LogP contribution in [0.5, 0.6) is 0 Å². The zero-order valence-corrected chi connectivity index (χ0v) is 14.0. The van der Waals surface area contributed by atoms with Crippen LogP contribution >= 0.6 is 0 Å². The highest BCUT2D eigenvalue weighted by Crippen LogP contribution is 2.48. The second kappa shape index (κ2) is 4.56. The van der Waals surface area contributed by atoms with Crippen molar-refractivity contribution >= 4 is 20.0 Å². The molecular formula is C12H23NO4S2. The van der Waals surface area contributed by atoms with Crippen LogP contribution in [-0.4, -0.2) is 16.8 Å². The van der Waals surface area contributed by atoms with Crippen LogP contribution in [0.1, 0.15) is 54.4 Å². The van der Waals surface area contributed by atoms with E-state index in [4.69, 9.17) is 0 Å². The lowest BCUT2D eigenvalue weighted by molar-refractivity contribution is 0.405. The monoisotopic (exact) mass is 309 g/mol. The van der Waals surface area contributed by atoms with Crippen LogP contribution in [0, 0.1) is 10.8 Å². The molecule has 0 amide bonds. The third-order valence-electron chi connectivity index (χ3n) is 3.96. The number of rotatable bonds is 4. The maximum absolute atomic E-state index is 12.2. The van der Waals surface area contributed by atoms with E-state index >= 15 is 0 Å². The molecule has 0 atom stereocenters. The molecule has 5 nitrogen and oxygen atoms in total. The van der Waals surface area contributed by atoms with Gasteiger partial charge >= 0.3 is 0 Å². The van der Waals surface area contributed by atoms with Gasteiger partial charge in [-0.15, -0.1) is 4.13 Å². The Balaban J connectivity index is 3.84. The van der Waals surface area contributed by atoms with Gasteiger partial charge in [0.1, 0.15) is 0 Å². The zero-order valence-electron chi connectivity index (χ0n) is 12.4. The number of hydrogen-bond acceptors (Lipinski definition) is 4. The van der Waals surface area contributed by atoms with Gasteiger partial charge in [0.25, 0.3) is 20.0 Å². The van der Waals surface area contributed by atoms with E-state index in [1.54, 1.807) is 27.7 Å². The van der Waals surface area contributed by atoms with E-state index in [-0.39, 0.29) is 9.81 Å². The normalized spacial score (nSPS) is 22.8. The summed E-state index contributed by atoms with van der Waals surface area (Å²) in [6, 6.07) is 0. The van der Waals surface area contributed by atoms with Crippen LogP contribution in [-0.2, 0) is 20.0 Å². The molecule has 1 N–H and O–H groups in total. The minimum atomic E-state index is -3.97. The van der Waals surface area contributed by atoms with Gasteiger partial charge in [-0.3, -0.25) is 0 Å². The van der Waals surface area contributed by atoms with E-state index in [0.717, 1.165) is 0 Å². The Kier molecular flexibility index (Phi) is 4.00. The third kappa shape index (κ3) is 2.73. The van der Waals surface area contributed by atoms with Crippen LogP contribution < -0.4 is 4.13 Å². The Bertz CT molecular complexity index is 556. The first-order chi connectivity index (χ1) is 8.32. The van der Waals surface area contributed by atoms with Gasteiger partial charge < -0.3 is 0 Å². The first kappa shape index (κ1) is 16.7. The van der Waals surface area contributed by atoms with Gasteiger partial charge in [-0.25, -0.2) is 16.8 Å². The van der Waals surface area contributed by atoms with Crippen molar-refractivity contribution in [1.29, 1.82) is 0 Å². The van der Waals surface area contributed by atoms with Crippen molar-refractivity contribution in [3.05, 3.63) is 9.81 Å². The molecule has 0 saturated carbocycles. The lowest BCUT2D eigenvalue weighted by Crippen LogP contribution is -2.27. The number of hydrogen-bond donors (Lipinski definition) is 1. The molecule has 0 aromatic heterocycles. The predicted molar refractivity (Wildman–Crippen MR) is 76.1 cm³/mol. The summed E-state index contributed by atoms with van der Waals surface area (Å²) in [7, 11) is -7.93. The Labute approximate surface area is 116 Å². The molecule has 0 saturated heterocycles. The zero-order chi connectivity index (χ0) is 15.3. The maximum atomic E-state index is 12.2. The molecule has 0 aromatic rings. The summed E-state index contributed by atoms with van der Waals surface area (Å²) < 4.78 is 50.7. The van der Waals surface area contributed by atoms with Crippen LogP contribution in [0.3, 0.4) is 0 Å². The van der Waals surface area contributed by atoms with E-state index in [1.807, 2.05) is 18.0 Å². The second-order valence-corrected chi connectivity index (χ2v) is 9.72. The van der Waals surface area contributed by atoms with E-state index < -0.39 is 30.9 Å². The highest BCUT2D eigenvalue weighted by molar-refractivity contribution is 8.11. The summed E-state index contributed by atoms with van der Waals surface area (Å²) in [6.07, 6.45) is 1.09. The van der Waals surface area contributed by atoms with Crippen molar-refractivity contribution in [3.8, 4) is 0 Å². The standard InChI is InChI=1S/C12H23NO4S2/c1-7-11(3,4)9-10(12(5,6)8-2)19(16,17)13-18(9,14)15/h13H,7-8H2,1-6H3. The molecule has 0 aliphatic carbocycles. The highest BCUT2D eigenvalue weighted by atomic mass is 32.3. The van der Waals surface area contributed by atoms with Crippen molar-refractivity contribution in [2.24, 2.45) is 10.8 Å². The van der Waals surface area contributed by atoms with Crippen molar-refractivity contribution in [3.63, 3.8) is 0 Å². The van der Waals surface area contributed by atoms with Crippen LogP contribution in [0.15, 0.2) is 9.81 Å². The van der Waals surface area contributed by atoms with Crippen molar-refractivity contribution in [2.75, 3.05) is 0 Å². The van der Waals surface area contributed by atoms with E-state index in [1.165, 1.54) is 0 Å². The van der Waals surface area contributed by atoms with Crippen LogP contribution in [0.2, 0.25) is 0 Å². The smallest absolute Gasteiger partial charge is 0.206 e. The molecule has 0 spiro atoms. The fourth-order valence-corrected chi connectivity index (χ4v) is 7.40. The number of nitrogens with one attached hydrogen (secondary N) is 1. The topological polar surface area (TPSA) is 80.3 Å². The molecule has 0 fully saturated rings. The molecule has 19 heavy (non-hydrogen) atoms. The Morgan fingerprint density at radius 3 is 1.26 bits per heavy atom. The molecule has 0 bridgehead atoms. The largest absolute Gasteiger partial charge is 0.251 e. The Morgan fingerprint density at radius 2 is 1.05 bits per heavy atom. The average Bonchev–Trinajstić information content (AvgIpc) is 2.43. The minimum Gasteiger partial charge on any atom is -0.206 e. The fourth-order valence-electron chi connectivity index (χ4n) is 2.14. The molecule has 7 heteroatoms. The van der Waals surface area contributed by atoms with Gasteiger partial charge in [0, 0.05) is 10.8 Å². The summed E-state index contributed by atoms with van der Waals surface area (Å²) in [6.45, 7) is 10.7. The van der Waals surface area contributed by atoms with Crippen molar-refractivity contribution in [1.82, 2.24) is 4.13 Å². The van der Waals surface area contributed by atoms with Crippen molar-refractivity contribution in [2.45, 2.75) is 54.4 Å². The Hall–Kier alpha value is -0.400. The molecular weight excluding hydrogens is 286 g/mol. The SMILES string of the molecule is CCC(C)(C)C1=C(C(C)(C)CC)S(=O)(=O)NS1(=O)=O. The first-order valence-corrected chi connectivity index (χ1v) is 9.32. The van der Waals surface area contributed by atoms with Gasteiger partial charge in [-0.05, 0) is 12.8 Å². The molecule has 1 aliphatic heterocycles. The van der Waals surface area contributed by atoms with Crippen molar-refractivity contribution < 1.29 is 16.8 Å². The molecule has 1 rings (SSSR count). The van der Waals surface area contributed by atoms with Gasteiger partial charge in [0.15, 0.2) is 0 Å². The summed E-state index contributed by atoms with van der Waals surface area (Å²) >= 11 is 0. The van der Waals surface area contributed by atoms with Gasteiger partial charge in [0.05, 0.1) is 9.81 Å². The van der Waals surface area contributed by atoms with Crippen LogP contribution in [0.4, 0.5) is 0 Å². The molecule has 112 valence electrons. The van der Waals surface area contributed by atoms with Gasteiger partial charge in [0.2, 0.25) is 0 Å². The van der Waals surface area contributed by atoms with E-state index in [0.29, 0.717) is 12.8 Å². The number of allylic oxidation sites excluding steroid dienone is 2. The van der Waals surface area contributed by atoms with E-state index in [9.17, 15) is 16.8 Å². The summed E-state index contributed by atoms with van der Waals surface area (Å²) in [5, 5.41) is 0. The van der Waals surface area contributed by atoms with Gasteiger partial charge in [-0.1, -0.05) is 41.5 Å². The summed E-state index contributed by atoms with van der Waals surface area (Å²) in [4.78, 5) is 0.0451. The molecule has 0 aromatic carbocycles. The third-order valence-corrected chi connectivity index (χ3v) is 8.43. The van der Waals surface area contributed by atoms with Crippen LogP contribution in [0.25, 0.3) is 0 Å². The lowest BCUT2D eigenvalue weighted by Gasteiger charge is -2.29. The average molecular weight is 309 g/mol. The fraction of sp³-hybridized carbons (Fsp3) is 0.833. The summed E-state index contributed by atoms with van der Waals surface area (Å²) in [5.74, 6) is 0. The highest BCUT2D eigenvalue weighted by Gasteiger charge is 2.51. The minimum absolute atomic E-state index is 0.0225. The second-order valence-electron chi connectivity index (χ2n) is 6.22. The first-order valence-electron chi connectivity index (χ1n) is 6.35. The molecule has 0 unspecified atom stereocenters. The quantitative estimate of drug-likeness (QED) is 0.864. The molecule has 1 heterocycles.